The number of nitrogens with one attached hydrogen (secondary N) is 2. The quantitative estimate of drug-likeness (QED) is 0.659. The minimum absolute atomic E-state index is 0.227. The first-order chi connectivity index (χ1) is 13.9. The SMILES string of the molecule is COc1cc(C(=O)NNC(=O)COc2ccc(C(C)C)cc2)cc(OC)c1OC. The monoisotopic (exact) mass is 402 g/mol. The summed E-state index contributed by atoms with van der Waals surface area (Å²) in [4.78, 5) is 24.3. The van der Waals surface area contributed by atoms with Gasteiger partial charge >= 0.3 is 0 Å². The van der Waals surface area contributed by atoms with Crippen LogP contribution in [0.2, 0.25) is 0 Å². The van der Waals surface area contributed by atoms with Gasteiger partial charge in [0.25, 0.3) is 11.8 Å². The minimum atomic E-state index is -0.543. The number of methoxy groups -OCH3 is 3. The highest BCUT2D eigenvalue weighted by Crippen LogP contribution is 2.38. The van der Waals surface area contributed by atoms with Crippen LogP contribution in [-0.4, -0.2) is 39.8 Å². The van der Waals surface area contributed by atoms with Gasteiger partial charge in [-0.25, -0.2) is 0 Å². The summed E-state index contributed by atoms with van der Waals surface area (Å²) in [5.41, 5.74) is 6.04. The van der Waals surface area contributed by atoms with Crippen LogP contribution in [0.5, 0.6) is 23.0 Å². The van der Waals surface area contributed by atoms with Crippen LogP contribution >= 0.6 is 0 Å². The molecule has 0 heterocycles. The Hall–Kier alpha value is -3.42. The fraction of sp³-hybridized carbons (Fsp3) is 0.333. The Morgan fingerprint density at radius 3 is 1.97 bits per heavy atom. The van der Waals surface area contributed by atoms with E-state index in [-0.39, 0.29) is 12.2 Å². The van der Waals surface area contributed by atoms with Gasteiger partial charge in [0.1, 0.15) is 5.75 Å². The van der Waals surface area contributed by atoms with E-state index >= 15 is 0 Å². The lowest BCUT2D eigenvalue weighted by Gasteiger charge is -2.14. The van der Waals surface area contributed by atoms with E-state index < -0.39 is 11.8 Å². The van der Waals surface area contributed by atoms with Crippen molar-refractivity contribution in [2.24, 2.45) is 0 Å². The van der Waals surface area contributed by atoms with Crippen molar-refractivity contribution in [3.8, 4) is 23.0 Å². The fourth-order valence-electron chi connectivity index (χ4n) is 2.54. The Bertz CT molecular complexity index is 824. The van der Waals surface area contributed by atoms with Crippen molar-refractivity contribution < 1.29 is 28.5 Å². The van der Waals surface area contributed by atoms with E-state index in [0.29, 0.717) is 28.9 Å². The Morgan fingerprint density at radius 2 is 1.48 bits per heavy atom. The van der Waals surface area contributed by atoms with Gasteiger partial charge < -0.3 is 18.9 Å². The molecule has 0 spiro atoms. The Kier molecular flexibility index (Phi) is 7.70. The summed E-state index contributed by atoms with van der Waals surface area (Å²) >= 11 is 0. The normalized spacial score (nSPS) is 10.3. The summed E-state index contributed by atoms with van der Waals surface area (Å²) in [7, 11) is 4.37. The molecule has 8 heteroatoms. The van der Waals surface area contributed by atoms with Crippen molar-refractivity contribution in [2.45, 2.75) is 19.8 Å². The largest absolute Gasteiger partial charge is 0.493 e. The van der Waals surface area contributed by atoms with Gasteiger partial charge in [0.15, 0.2) is 18.1 Å². The molecular formula is C21H26N2O6. The number of hydrogen-bond donors (Lipinski definition) is 2. The van der Waals surface area contributed by atoms with Crippen molar-refractivity contribution in [1.82, 2.24) is 10.9 Å². The first kappa shape index (κ1) is 21.9. The zero-order valence-electron chi connectivity index (χ0n) is 17.2. The van der Waals surface area contributed by atoms with E-state index in [0.717, 1.165) is 0 Å². The molecule has 0 aromatic heterocycles. The molecule has 2 amide bonds. The number of hydrogen-bond acceptors (Lipinski definition) is 6. The number of carbonyl (C=O) groups excluding carboxylic acids is 2. The van der Waals surface area contributed by atoms with Crippen LogP contribution in [0.25, 0.3) is 0 Å². The molecule has 2 N–H and O–H groups in total. The fourth-order valence-corrected chi connectivity index (χ4v) is 2.54. The Balaban J connectivity index is 1.92. The maximum atomic E-state index is 12.3. The highest BCUT2D eigenvalue weighted by atomic mass is 16.5. The van der Waals surface area contributed by atoms with Crippen molar-refractivity contribution >= 4 is 11.8 Å². The molecule has 0 atom stereocenters. The van der Waals surface area contributed by atoms with E-state index in [4.69, 9.17) is 18.9 Å². The standard InChI is InChI=1S/C21H26N2O6/c1-13(2)14-6-8-16(9-7-14)29-12-19(24)22-23-21(25)15-10-17(26-3)20(28-5)18(11-15)27-4/h6-11,13H,12H2,1-5H3,(H,22,24)(H,23,25). The maximum absolute atomic E-state index is 12.3. The molecule has 0 saturated heterocycles. The van der Waals surface area contributed by atoms with Crippen molar-refractivity contribution in [1.29, 1.82) is 0 Å². The molecule has 0 unspecified atom stereocenters. The van der Waals surface area contributed by atoms with Crippen molar-refractivity contribution in [3.63, 3.8) is 0 Å². The number of benzene rings is 2. The number of hydrazine groups is 1. The summed E-state index contributed by atoms with van der Waals surface area (Å²) in [5.74, 6) is 0.969. The predicted octanol–water partition coefficient (Wildman–Crippen LogP) is 2.68. The van der Waals surface area contributed by atoms with Gasteiger partial charge in [0.05, 0.1) is 21.3 Å². The molecule has 0 radical (unpaired) electrons. The lowest BCUT2D eigenvalue weighted by Crippen LogP contribution is -2.43. The molecule has 2 rings (SSSR count). The van der Waals surface area contributed by atoms with Gasteiger partial charge in [0.2, 0.25) is 5.75 Å². The zero-order valence-corrected chi connectivity index (χ0v) is 17.2. The van der Waals surface area contributed by atoms with Gasteiger partial charge in [-0.05, 0) is 35.7 Å². The first-order valence-electron chi connectivity index (χ1n) is 9.01. The van der Waals surface area contributed by atoms with Gasteiger partial charge in [-0.2, -0.15) is 0 Å². The molecular weight excluding hydrogens is 376 g/mol. The van der Waals surface area contributed by atoms with Gasteiger partial charge in [0, 0.05) is 5.56 Å². The van der Waals surface area contributed by atoms with Gasteiger partial charge in [-0.3, -0.25) is 20.4 Å². The second-order valence-electron chi connectivity index (χ2n) is 6.43. The molecule has 2 aromatic carbocycles. The molecule has 0 fully saturated rings. The second kappa shape index (κ2) is 10.2. The molecule has 0 bridgehead atoms. The second-order valence-corrected chi connectivity index (χ2v) is 6.43. The highest BCUT2D eigenvalue weighted by Gasteiger charge is 2.17. The Morgan fingerprint density at radius 1 is 0.897 bits per heavy atom. The summed E-state index contributed by atoms with van der Waals surface area (Å²) < 4.78 is 21.1. The number of carbonyl (C=O) groups is 2. The first-order valence-corrected chi connectivity index (χ1v) is 9.01. The molecule has 0 aliphatic carbocycles. The van der Waals surface area contributed by atoms with E-state index in [1.54, 1.807) is 12.1 Å². The number of rotatable bonds is 8. The van der Waals surface area contributed by atoms with Crippen LogP contribution < -0.4 is 29.8 Å². The maximum Gasteiger partial charge on any atom is 0.276 e. The number of ether oxygens (including phenoxy) is 4. The summed E-state index contributed by atoms with van der Waals surface area (Å²) in [6.45, 7) is 3.95. The highest BCUT2D eigenvalue weighted by molar-refractivity contribution is 5.96. The zero-order chi connectivity index (χ0) is 21.4. The molecule has 0 saturated carbocycles. The van der Waals surface area contributed by atoms with Crippen LogP contribution in [0.3, 0.4) is 0 Å². The molecule has 2 aromatic rings. The molecule has 29 heavy (non-hydrogen) atoms. The van der Waals surface area contributed by atoms with Crippen LogP contribution in [0.15, 0.2) is 36.4 Å². The lowest BCUT2D eigenvalue weighted by molar-refractivity contribution is -0.123. The number of amides is 2. The van der Waals surface area contributed by atoms with Crippen LogP contribution in [0, 0.1) is 0 Å². The smallest absolute Gasteiger partial charge is 0.276 e. The Labute approximate surface area is 170 Å². The van der Waals surface area contributed by atoms with E-state index in [1.807, 2.05) is 12.1 Å². The van der Waals surface area contributed by atoms with E-state index in [9.17, 15) is 9.59 Å². The van der Waals surface area contributed by atoms with Crippen LogP contribution in [-0.2, 0) is 4.79 Å². The van der Waals surface area contributed by atoms with Crippen molar-refractivity contribution in [3.05, 3.63) is 47.5 Å². The van der Waals surface area contributed by atoms with E-state index in [1.165, 1.54) is 39.0 Å². The van der Waals surface area contributed by atoms with Crippen molar-refractivity contribution in [2.75, 3.05) is 27.9 Å². The molecule has 0 aliphatic heterocycles. The minimum Gasteiger partial charge on any atom is -0.493 e. The van der Waals surface area contributed by atoms with E-state index in [2.05, 4.69) is 24.7 Å². The average Bonchev–Trinajstić information content (AvgIpc) is 2.74. The topological polar surface area (TPSA) is 95.1 Å². The summed E-state index contributed by atoms with van der Waals surface area (Å²) in [6.07, 6.45) is 0. The van der Waals surface area contributed by atoms with Gasteiger partial charge in [-0.1, -0.05) is 26.0 Å². The third kappa shape index (κ3) is 5.78. The lowest BCUT2D eigenvalue weighted by atomic mass is 10.0. The predicted molar refractivity (Wildman–Crippen MR) is 108 cm³/mol. The summed E-state index contributed by atoms with van der Waals surface area (Å²) in [5, 5.41) is 0. The molecule has 8 nitrogen and oxygen atoms in total. The summed E-state index contributed by atoms with van der Waals surface area (Å²) in [6, 6.07) is 10.5. The van der Waals surface area contributed by atoms with Crippen LogP contribution in [0.1, 0.15) is 35.7 Å². The average molecular weight is 402 g/mol. The molecule has 0 aliphatic rings. The third-order valence-corrected chi connectivity index (χ3v) is 4.16. The van der Waals surface area contributed by atoms with Crippen LogP contribution in [0.4, 0.5) is 0 Å². The molecule has 156 valence electrons. The third-order valence-electron chi connectivity index (χ3n) is 4.16. The van der Waals surface area contributed by atoms with Gasteiger partial charge in [-0.15, -0.1) is 0 Å².